The summed E-state index contributed by atoms with van der Waals surface area (Å²) in [7, 11) is 0. The van der Waals surface area contributed by atoms with Crippen LogP contribution < -0.4 is 10.2 Å². The molecule has 2 rings (SSSR count). The van der Waals surface area contributed by atoms with Crippen molar-refractivity contribution in [3.63, 3.8) is 0 Å². The standard InChI is InChI=1S/C15H24BrN3/c1-12(2)10-17-11-13-5-8-19(9-6-13)15-14(16)4-3-7-18-15/h3-4,7,12-13,17H,5-6,8-11H2,1-2H3. The minimum absolute atomic E-state index is 0.740. The summed E-state index contributed by atoms with van der Waals surface area (Å²) in [4.78, 5) is 6.87. The molecule has 4 heteroatoms. The highest BCUT2D eigenvalue weighted by Crippen LogP contribution is 2.27. The summed E-state index contributed by atoms with van der Waals surface area (Å²) in [5, 5.41) is 3.58. The molecule has 0 unspecified atom stereocenters. The number of hydrogen-bond donors (Lipinski definition) is 1. The van der Waals surface area contributed by atoms with Crippen LogP contribution in [-0.2, 0) is 0 Å². The van der Waals surface area contributed by atoms with Gasteiger partial charge < -0.3 is 10.2 Å². The van der Waals surface area contributed by atoms with Crippen LogP contribution in [0, 0.1) is 11.8 Å². The van der Waals surface area contributed by atoms with Crippen molar-refractivity contribution in [2.75, 3.05) is 31.1 Å². The fraction of sp³-hybridized carbons (Fsp3) is 0.667. The second-order valence-corrected chi connectivity index (χ2v) is 6.65. The molecule has 1 aromatic heterocycles. The van der Waals surface area contributed by atoms with Gasteiger partial charge in [0.2, 0.25) is 0 Å². The van der Waals surface area contributed by atoms with Crippen molar-refractivity contribution in [3.05, 3.63) is 22.8 Å². The summed E-state index contributed by atoms with van der Waals surface area (Å²) in [5.74, 6) is 2.65. The Balaban J connectivity index is 1.78. The van der Waals surface area contributed by atoms with Gasteiger partial charge in [-0.15, -0.1) is 0 Å². The number of halogens is 1. The van der Waals surface area contributed by atoms with Crippen LogP contribution in [0.4, 0.5) is 5.82 Å². The third kappa shape index (κ3) is 4.46. The molecule has 1 N–H and O–H groups in total. The fourth-order valence-electron chi connectivity index (χ4n) is 2.54. The van der Waals surface area contributed by atoms with Gasteiger partial charge in [0, 0.05) is 19.3 Å². The van der Waals surface area contributed by atoms with E-state index in [2.05, 4.69) is 51.0 Å². The van der Waals surface area contributed by atoms with Crippen molar-refractivity contribution in [1.82, 2.24) is 10.3 Å². The second kappa shape index (κ2) is 7.25. The van der Waals surface area contributed by atoms with Crippen LogP contribution in [0.15, 0.2) is 22.8 Å². The largest absolute Gasteiger partial charge is 0.356 e. The lowest BCUT2D eigenvalue weighted by molar-refractivity contribution is 0.373. The fourth-order valence-corrected chi connectivity index (χ4v) is 3.04. The summed E-state index contributed by atoms with van der Waals surface area (Å²) in [6, 6.07) is 4.04. The lowest BCUT2D eigenvalue weighted by Gasteiger charge is -2.33. The molecule has 106 valence electrons. The lowest BCUT2D eigenvalue weighted by Crippen LogP contribution is -2.38. The van der Waals surface area contributed by atoms with E-state index in [1.807, 2.05) is 12.3 Å². The third-order valence-electron chi connectivity index (χ3n) is 3.64. The number of anilines is 1. The summed E-state index contributed by atoms with van der Waals surface area (Å²) >= 11 is 3.59. The van der Waals surface area contributed by atoms with Crippen LogP contribution in [0.3, 0.4) is 0 Å². The molecule has 1 aromatic rings. The Hall–Kier alpha value is -0.610. The van der Waals surface area contributed by atoms with E-state index in [1.54, 1.807) is 0 Å². The molecule has 1 fully saturated rings. The molecule has 0 bridgehead atoms. The molecule has 0 amide bonds. The zero-order valence-electron chi connectivity index (χ0n) is 11.9. The van der Waals surface area contributed by atoms with E-state index >= 15 is 0 Å². The molecule has 0 saturated carbocycles. The van der Waals surface area contributed by atoms with Gasteiger partial charge in [0.05, 0.1) is 4.47 Å². The van der Waals surface area contributed by atoms with Crippen LogP contribution >= 0.6 is 15.9 Å². The number of rotatable bonds is 5. The van der Waals surface area contributed by atoms with Gasteiger partial charge in [-0.05, 0) is 65.8 Å². The van der Waals surface area contributed by atoms with Crippen molar-refractivity contribution in [3.8, 4) is 0 Å². The van der Waals surface area contributed by atoms with Gasteiger partial charge in [0.1, 0.15) is 5.82 Å². The molecule has 19 heavy (non-hydrogen) atoms. The summed E-state index contributed by atoms with van der Waals surface area (Å²) in [6.45, 7) is 9.04. The van der Waals surface area contributed by atoms with E-state index in [0.717, 1.165) is 48.3 Å². The third-order valence-corrected chi connectivity index (χ3v) is 4.26. The molecule has 0 aromatic carbocycles. The van der Waals surface area contributed by atoms with E-state index in [4.69, 9.17) is 0 Å². The minimum atomic E-state index is 0.740. The molecule has 3 nitrogen and oxygen atoms in total. The Morgan fingerprint density at radius 2 is 2.16 bits per heavy atom. The first-order valence-corrected chi connectivity index (χ1v) is 8.02. The maximum Gasteiger partial charge on any atom is 0.142 e. The molecule has 1 saturated heterocycles. The molecular formula is C15H24BrN3. The molecule has 2 heterocycles. The van der Waals surface area contributed by atoms with Gasteiger partial charge in [-0.3, -0.25) is 0 Å². The van der Waals surface area contributed by atoms with Gasteiger partial charge in [-0.25, -0.2) is 4.98 Å². The van der Waals surface area contributed by atoms with E-state index < -0.39 is 0 Å². The highest BCUT2D eigenvalue weighted by molar-refractivity contribution is 9.10. The smallest absolute Gasteiger partial charge is 0.142 e. The van der Waals surface area contributed by atoms with Crippen LogP contribution in [0.25, 0.3) is 0 Å². The Morgan fingerprint density at radius 3 is 2.79 bits per heavy atom. The average molecular weight is 326 g/mol. The summed E-state index contributed by atoms with van der Waals surface area (Å²) in [5.41, 5.74) is 0. The maximum absolute atomic E-state index is 4.48. The molecular weight excluding hydrogens is 302 g/mol. The number of piperidine rings is 1. The molecule has 0 atom stereocenters. The van der Waals surface area contributed by atoms with Gasteiger partial charge in [0.25, 0.3) is 0 Å². The monoisotopic (exact) mass is 325 g/mol. The van der Waals surface area contributed by atoms with Gasteiger partial charge >= 0.3 is 0 Å². The van der Waals surface area contributed by atoms with E-state index in [0.29, 0.717) is 0 Å². The Labute approximate surface area is 124 Å². The Kier molecular flexibility index (Phi) is 5.64. The van der Waals surface area contributed by atoms with Gasteiger partial charge in [-0.2, -0.15) is 0 Å². The van der Waals surface area contributed by atoms with Gasteiger partial charge in [0.15, 0.2) is 0 Å². The van der Waals surface area contributed by atoms with Crippen LogP contribution in [0.5, 0.6) is 0 Å². The molecule has 1 aliphatic rings. The van der Waals surface area contributed by atoms with Crippen LogP contribution in [-0.4, -0.2) is 31.2 Å². The SMILES string of the molecule is CC(C)CNCC1CCN(c2ncccc2Br)CC1. The van der Waals surface area contributed by atoms with E-state index in [9.17, 15) is 0 Å². The molecule has 0 radical (unpaired) electrons. The first kappa shape index (κ1) is 14.8. The Bertz CT molecular complexity index is 387. The number of hydrogen-bond acceptors (Lipinski definition) is 3. The second-order valence-electron chi connectivity index (χ2n) is 5.79. The summed E-state index contributed by atoms with van der Waals surface area (Å²) < 4.78 is 1.10. The lowest BCUT2D eigenvalue weighted by atomic mass is 9.96. The maximum atomic E-state index is 4.48. The summed E-state index contributed by atoms with van der Waals surface area (Å²) in [6.07, 6.45) is 4.39. The number of nitrogens with one attached hydrogen (secondary N) is 1. The highest BCUT2D eigenvalue weighted by atomic mass is 79.9. The first-order chi connectivity index (χ1) is 9.16. The number of nitrogens with zero attached hydrogens (tertiary/aromatic N) is 2. The quantitative estimate of drug-likeness (QED) is 0.900. The first-order valence-electron chi connectivity index (χ1n) is 7.23. The van der Waals surface area contributed by atoms with Crippen LogP contribution in [0.1, 0.15) is 26.7 Å². The molecule has 0 spiro atoms. The predicted octanol–water partition coefficient (Wildman–Crippen LogP) is 3.31. The van der Waals surface area contributed by atoms with Crippen molar-refractivity contribution in [2.45, 2.75) is 26.7 Å². The number of pyridine rings is 1. The average Bonchev–Trinajstić information content (AvgIpc) is 2.40. The van der Waals surface area contributed by atoms with E-state index in [1.165, 1.54) is 12.8 Å². The van der Waals surface area contributed by atoms with Crippen molar-refractivity contribution < 1.29 is 0 Å². The zero-order chi connectivity index (χ0) is 13.7. The molecule has 1 aliphatic heterocycles. The van der Waals surface area contributed by atoms with E-state index in [-0.39, 0.29) is 0 Å². The van der Waals surface area contributed by atoms with Crippen molar-refractivity contribution in [2.24, 2.45) is 11.8 Å². The van der Waals surface area contributed by atoms with Gasteiger partial charge in [-0.1, -0.05) is 13.8 Å². The van der Waals surface area contributed by atoms with Crippen molar-refractivity contribution in [1.29, 1.82) is 0 Å². The zero-order valence-corrected chi connectivity index (χ0v) is 13.5. The topological polar surface area (TPSA) is 28.2 Å². The normalized spacial score (nSPS) is 17.2. The van der Waals surface area contributed by atoms with Crippen LogP contribution in [0.2, 0.25) is 0 Å². The number of aromatic nitrogens is 1. The highest BCUT2D eigenvalue weighted by Gasteiger charge is 2.21. The predicted molar refractivity (Wildman–Crippen MR) is 84.6 cm³/mol. The molecule has 0 aliphatic carbocycles. The Morgan fingerprint density at radius 1 is 1.42 bits per heavy atom. The van der Waals surface area contributed by atoms with Crippen molar-refractivity contribution >= 4 is 21.7 Å². The minimum Gasteiger partial charge on any atom is -0.356 e.